The van der Waals surface area contributed by atoms with Crippen LogP contribution < -0.4 is 4.74 Å². The standard InChI is InChI=1S/C25H21Cl2FN4O2/c1-25(12-21(31-34-25)16-7-3-2-6-15(16)13-29)14-33-23-11-22(19(28)10-18(23)26)32-24(27)17-8-4-5-9-20(17)30-32/h2-3,6-7,10-11H,4-5,8-9,12,14H2,1H3. The number of hydrogen-bond donors (Lipinski definition) is 0. The fourth-order valence-electron chi connectivity index (χ4n) is 4.33. The van der Waals surface area contributed by atoms with E-state index in [1.807, 2.05) is 19.1 Å². The number of aromatic nitrogens is 2. The van der Waals surface area contributed by atoms with Crippen LogP contribution in [0.4, 0.5) is 4.39 Å². The van der Waals surface area contributed by atoms with Crippen LogP contribution in [0.2, 0.25) is 10.2 Å². The smallest absolute Gasteiger partial charge is 0.174 e. The maximum atomic E-state index is 14.9. The molecule has 0 fully saturated rings. The van der Waals surface area contributed by atoms with Crippen molar-refractivity contribution >= 4 is 28.9 Å². The second-order valence-corrected chi connectivity index (χ2v) is 9.54. The maximum Gasteiger partial charge on any atom is 0.174 e. The summed E-state index contributed by atoms with van der Waals surface area (Å²) in [5.74, 6) is -0.250. The predicted molar refractivity (Wildman–Crippen MR) is 127 cm³/mol. The zero-order valence-electron chi connectivity index (χ0n) is 18.4. The molecular weight excluding hydrogens is 478 g/mol. The van der Waals surface area contributed by atoms with Crippen LogP contribution in [0.5, 0.6) is 5.75 Å². The van der Waals surface area contributed by atoms with Crippen LogP contribution in [0, 0.1) is 17.1 Å². The Hall–Kier alpha value is -3.08. The number of hydrogen-bond acceptors (Lipinski definition) is 5. The molecule has 3 aromatic rings. The molecular formula is C25H21Cl2FN4O2. The highest BCUT2D eigenvalue weighted by Crippen LogP contribution is 2.36. The molecule has 2 aliphatic rings. The van der Waals surface area contributed by atoms with Gasteiger partial charge in [-0.05, 0) is 44.7 Å². The van der Waals surface area contributed by atoms with Crippen molar-refractivity contribution in [2.24, 2.45) is 5.16 Å². The maximum absolute atomic E-state index is 14.9. The Kier molecular flexibility index (Phi) is 5.97. The fraction of sp³-hybridized carbons (Fsp3) is 0.320. The predicted octanol–water partition coefficient (Wildman–Crippen LogP) is 6.03. The van der Waals surface area contributed by atoms with Gasteiger partial charge in [0.05, 0.1) is 28.1 Å². The molecule has 2 heterocycles. The minimum Gasteiger partial charge on any atom is -0.488 e. The second-order valence-electron chi connectivity index (χ2n) is 8.77. The largest absolute Gasteiger partial charge is 0.488 e. The summed E-state index contributed by atoms with van der Waals surface area (Å²) in [5, 5.41) is 18.7. The molecule has 1 unspecified atom stereocenters. The molecule has 174 valence electrons. The average molecular weight is 499 g/mol. The molecule has 0 bridgehead atoms. The number of aryl methyl sites for hydroxylation is 1. The summed E-state index contributed by atoms with van der Waals surface area (Å²) >= 11 is 12.8. The molecule has 6 nitrogen and oxygen atoms in total. The van der Waals surface area contributed by atoms with E-state index < -0.39 is 11.4 Å². The first-order valence-corrected chi connectivity index (χ1v) is 11.8. The lowest BCUT2D eigenvalue weighted by Gasteiger charge is -2.22. The second kappa shape index (κ2) is 8.94. The molecule has 0 saturated heterocycles. The average Bonchev–Trinajstić information content (AvgIpc) is 3.39. The number of fused-ring (bicyclic) bond motifs is 1. The number of nitrogens with zero attached hydrogens (tertiary/aromatic N) is 4. The van der Waals surface area contributed by atoms with Crippen molar-refractivity contribution in [2.75, 3.05) is 6.61 Å². The van der Waals surface area contributed by atoms with Crippen LogP contribution in [-0.4, -0.2) is 27.7 Å². The van der Waals surface area contributed by atoms with Crippen LogP contribution in [-0.2, 0) is 17.7 Å². The van der Waals surface area contributed by atoms with Gasteiger partial charge in [-0.3, -0.25) is 0 Å². The van der Waals surface area contributed by atoms with Crippen molar-refractivity contribution in [1.29, 1.82) is 5.26 Å². The number of benzene rings is 2. The Balaban J connectivity index is 1.36. The summed E-state index contributed by atoms with van der Waals surface area (Å²) in [4.78, 5) is 5.68. The molecule has 9 heteroatoms. The third-order valence-electron chi connectivity index (χ3n) is 6.13. The molecule has 2 aromatic carbocycles. The Morgan fingerprint density at radius 2 is 2.03 bits per heavy atom. The van der Waals surface area contributed by atoms with Gasteiger partial charge >= 0.3 is 0 Å². The van der Waals surface area contributed by atoms with Crippen molar-refractivity contribution in [3.05, 3.63) is 74.8 Å². The lowest BCUT2D eigenvalue weighted by molar-refractivity contribution is -0.0356. The molecule has 1 aromatic heterocycles. The highest BCUT2D eigenvalue weighted by Gasteiger charge is 2.37. The molecule has 1 aliphatic heterocycles. The summed E-state index contributed by atoms with van der Waals surface area (Å²) in [5.41, 5.74) is 3.20. The summed E-state index contributed by atoms with van der Waals surface area (Å²) in [7, 11) is 0. The van der Waals surface area contributed by atoms with E-state index in [1.54, 1.807) is 12.1 Å². The third kappa shape index (κ3) is 4.13. The number of oxime groups is 1. The number of ether oxygens (including phenoxy) is 1. The van der Waals surface area contributed by atoms with Crippen molar-refractivity contribution in [1.82, 2.24) is 9.78 Å². The zero-order chi connectivity index (χ0) is 23.9. The van der Waals surface area contributed by atoms with E-state index in [9.17, 15) is 9.65 Å². The van der Waals surface area contributed by atoms with Crippen LogP contribution in [0.25, 0.3) is 5.69 Å². The number of halogens is 3. The quantitative estimate of drug-likeness (QED) is 0.430. The Labute approximate surface area is 206 Å². The molecule has 0 spiro atoms. The zero-order valence-corrected chi connectivity index (χ0v) is 20.0. The molecule has 1 atom stereocenters. The summed E-state index contributed by atoms with van der Waals surface area (Å²) in [6, 6.07) is 12.1. The summed E-state index contributed by atoms with van der Waals surface area (Å²) in [6.45, 7) is 1.97. The topological polar surface area (TPSA) is 72.4 Å². The highest BCUT2D eigenvalue weighted by molar-refractivity contribution is 6.32. The molecule has 1 aliphatic carbocycles. The van der Waals surface area contributed by atoms with E-state index in [1.165, 1.54) is 16.8 Å². The normalized spacial score (nSPS) is 19.2. The van der Waals surface area contributed by atoms with Gasteiger partial charge in [-0.1, -0.05) is 46.6 Å². The Bertz CT molecular complexity index is 1350. The van der Waals surface area contributed by atoms with Crippen LogP contribution in [0.3, 0.4) is 0 Å². The molecule has 0 radical (unpaired) electrons. The molecule has 0 saturated carbocycles. The first-order chi connectivity index (χ1) is 16.4. The van der Waals surface area contributed by atoms with Gasteiger partial charge in [-0.15, -0.1) is 0 Å². The highest BCUT2D eigenvalue weighted by atomic mass is 35.5. The molecule has 0 N–H and O–H groups in total. The minimum absolute atomic E-state index is 0.114. The molecule has 5 rings (SSSR count). The van der Waals surface area contributed by atoms with Crippen LogP contribution >= 0.6 is 23.2 Å². The van der Waals surface area contributed by atoms with Gasteiger partial charge in [0.2, 0.25) is 0 Å². The van der Waals surface area contributed by atoms with Crippen molar-refractivity contribution < 1.29 is 14.0 Å². The van der Waals surface area contributed by atoms with Gasteiger partial charge in [0, 0.05) is 23.6 Å². The number of nitriles is 1. The van der Waals surface area contributed by atoms with Gasteiger partial charge in [0.25, 0.3) is 0 Å². The third-order valence-corrected chi connectivity index (χ3v) is 6.82. The van der Waals surface area contributed by atoms with Gasteiger partial charge < -0.3 is 9.57 Å². The monoisotopic (exact) mass is 498 g/mol. The van der Waals surface area contributed by atoms with Crippen LogP contribution in [0.1, 0.15) is 48.6 Å². The number of rotatable bonds is 5. The van der Waals surface area contributed by atoms with Gasteiger partial charge in [-0.25, -0.2) is 9.07 Å². The van der Waals surface area contributed by atoms with E-state index in [2.05, 4.69) is 16.3 Å². The van der Waals surface area contributed by atoms with Gasteiger partial charge in [0.1, 0.15) is 23.2 Å². The van der Waals surface area contributed by atoms with E-state index in [0.29, 0.717) is 28.6 Å². The lowest BCUT2D eigenvalue weighted by Crippen LogP contribution is -2.33. The Morgan fingerprint density at radius 3 is 2.82 bits per heavy atom. The van der Waals surface area contributed by atoms with Gasteiger partial charge in [0.15, 0.2) is 11.4 Å². The SMILES string of the molecule is CC1(COc2cc(-n3nc4c(c3Cl)CCCC4)c(F)cc2Cl)CC(c2ccccc2C#N)=NO1. The minimum atomic E-state index is -0.780. The Morgan fingerprint density at radius 1 is 1.24 bits per heavy atom. The summed E-state index contributed by atoms with van der Waals surface area (Å²) < 4.78 is 22.3. The first-order valence-electron chi connectivity index (χ1n) is 11.0. The van der Waals surface area contributed by atoms with E-state index in [4.69, 9.17) is 32.8 Å². The lowest BCUT2D eigenvalue weighted by atomic mass is 9.94. The molecule has 34 heavy (non-hydrogen) atoms. The van der Waals surface area contributed by atoms with Crippen molar-refractivity contribution in [3.8, 4) is 17.5 Å². The van der Waals surface area contributed by atoms with E-state index >= 15 is 0 Å². The van der Waals surface area contributed by atoms with Crippen molar-refractivity contribution in [3.63, 3.8) is 0 Å². The van der Waals surface area contributed by atoms with E-state index in [-0.39, 0.29) is 17.3 Å². The summed E-state index contributed by atoms with van der Waals surface area (Å²) in [6.07, 6.45) is 4.18. The first kappa shape index (κ1) is 22.7. The van der Waals surface area contributed by atoms with E-state index in [0.717, 1.165) is 42.5 Å². The fourth-order valence-corrected chi connectivity index (χ4v) is 4.87. The van der Waals surface area contributed by atoms with Gasteiger partial charge in [-0.2, -0.15) is 10.4 Å². The molecule has 0 amide bonds. The van der Waals surface area contributed by atoms with Crippen LogP contribution in [0.15, 0.2) is 41.6 Å². The van der Waals surface area contributed by atoms with Crippen molar-refractivity contribution in [2.45, 2.75) is 44.6 Å².